The Morgan fingerprint density at radius 2 is 2.11 bits per heavy atom. The predicted octanol–water partition coefficient (Wildman–Crippen LogP) is 1.69. The van der Waals surface area contributed by atoms with Gasteiger partial charge in [0.05, 0.1) is 11.6 Å². The molecule has 6 nitrogen and oxygen atoms in total. The van der Waals surface area contributed by atoms with Crippen LogP contribution in [-0.4, -0.2) is 32.9 Å². The molecule has 0 unspecified atom stereocenters. The third-order valence-corrected chi connectivity index (χ3v) is 2.26. The zero-order chi connectivity index (χ0) is 13.2. The Kier molecular flexibility index (Phi) is 3.21. The van der Waals surface area contributed by atoms with Crippen LogP contribution in [0, 0.1) is 0 Å². The summed E-state index contributed by atoms with van der Waals surface area (Å²) in [6, 6.07) is 0. The van der Waals surface area contributed by atoms with Crippen LogP contribution in [0.2, 0.25) is 0 Å². The Morgan fingerprint density at radius 3 is 2.83 bits per heavy atom. The zero-order valence-electron chi connectivity index (χ0n) is 9.25. The molecule has 2 heterocycles. The molecule has 0 fully saturated rings. The van der Waals surface area contributed by atoms with Crippen molar-refractivity contribution in [2.45, 2.75) is 19.0 Å². The molecule has 0 aliphatic rings. The fourth-order valence-corrected chi connectivity index (χ4v) is 1.48. The molecule has 0 atom stereocenters. The summed E-state index contributed by atoms with van der Waals surface area (Å²) >= 11 is 0. The van der Waals surface area contributed by atoms with Gasteiger partial charge in [0, 0.05) is 13.0 Å². The van der Waals surface area contributed by atoms with E-state index in [1.54, 1.807) is 0 Å². The summed E-state index contributed by atoms with van der Waals surface area (Å²) < 4.78 is 35.9. The molecule has 0 aliphatic carbocycles. The maximum absolute atomic E-state index is 12.0. The second-order valence-corrected chi connectivity index (χ2v) is 3.71. The van der Waals surface area contributed by atoms with Gasteiger partial charge in [-0.1, -0.05) is 0 Å². The van der Waals surface area contributed by atoms with Crippen LogP contribution in [-0.2, 0) is 0 Å². The smallest absolute Gasteiger partial charge is 0.369 e. The number of nitrogens with two attached hydrogens (primary N) is 1. The lowest BCUT2D eigenvalue weighted by Crippen LogP contribution is -2.12. The van der Waals surface area contributed by atoms with Crippen molar-refractivity contribution in [3.63, 3.8) is 0 Å². The highest BCUT2D eigenvalue weighted by atomic mass is 19.4. The van der Waals surface area contributed by atoms with Crippen LogP contribution < -0.4 is 11.1 Å². The minimum Gasteiger partial charge on any atom is -0.369 e. The molecule has 0 aromatic carbocycles. The Balaban J connectivity index is 2.01. The van der Waals surface area contributed by atoms with E-state index in [1.165, 1.54) is 6.20 Å². The van der Waals surface area contributed by atoms with Crippen molar-refractivity contribution in [1.82, 2.24) is 20.2 Å². The first-order valence-corrected chi connectivity index (χ1v) is 5.23. The number of aromatic nitrogens is 4. The number of nitrogens with one attached hydrogen (secondary N) is 2. The van der Waals surface area contributed by atoms with Gasteiger partial charge in [-0.2, -0.15) is 28.2 Å². The number of hydrogen-bond acceptors (Lipinski definition) is 5. The first-order valence-electron chi connectivity index (χ1n) is 5.23. The number of nitrogen functional groups attached to an aromatic ring is 1. The molecule has 0 saturated carbocycles. The lowest BCUT2D eigenvalue weighted by atomic mass is 10.3. The van der Waals surface area contributed by atoms with Crippen molar-refractivity contribution in [2.24, 2.45) is 0 Å². The summed E-state index contributed by atoms with van der Waals surface area (Å²) in [6.07, 6.45) is -3.53. The molecular weight excluding hydrogens is 249 g/mol. The van der Waals surface area contributed by atoms with Crippen molar-refractivity contribution in [3.8, 4) is 0 Å². The molecule has 2 aromatic heterocycles. The van der Waals surface area contributed by atoms with Gasteiger partial charge in [-0.3, -0.25) is 5.10 Å². The lowest BCUT2D eigenvalue weighted by molar-refractivity contribution is -0.134. The minimum atomic E-state index is -4.14. The molecule has 2 aromatic rings. The summed E-state index contributed by atoms with van der Waals surface area (Å²) in [4.78, 5) is 7.81. The highest BCUT2D eigenvalue weighted by Gasteiger charge is 2.25. The largest absolute Gasteiger partial charge is 0.389 e. The highest BCUT2D eigenvalue weighted by molar-refractivity contribution is 5.86. The number of rotatable bonds is 4. The number of H-pyrrole nitrogens is 1. The second kappa shape index (κ2) is 4.67. The van der Waals surface area contributed by atoms with Crippen LogP contribution in [0.1, 0.15) is 12.8 Å². The van der Waals surface area contributed by atoms with Crippen LogP contribution in [0.5, 0.6) is 0 Å². The number of anilines is 2. The third kappa shape index (κ3) is 2.99. The third-order valence-electron chi connectivity index (χ3n) is 2.26. The van der Waals surface area contributed by atoms with Crippen LogP contribution >= 0.6 is 0 Å². The quantitative estimate of drug-likeness (QED) is 0.727. The molecular formula is C9H11F3N6. The molecule has 0 aliphatic heterocycles. The molecule has 2 rings (SSSR count). The lowest BCUT2D eigenvalue weighted by Gasteiger charge is -2.08. The number of alkyl halides is 3. The van der Waals surface area contributed by atoms with Crippen molar-refractivity contribution >= 4 is 22.8 Å². The van der Waals surface area contributed by atoms with Gasteiger partial charge in [0.1, 0.15) is 5.82 Å². The van der Waals surface area contributed by atoms with Crippen LogP contribution in [0.15, 0.2) is 6.20 Å². The topological polar surface area (TPSA) is 92.5 Å². The maximum Gasteiger partial charge on any atom is 0.389 e. The number of halogens is 3. The highest BCUT2D eigenvalue weighted by Crippen LogP contribution is 2.22. The molecule has 9 heteroatoms. The van der Waals surface area contributed by atoms with Gasteiger partial charge in [-0.15, -0.1) is 0 Å². The molecule has 98 valence electrons. The van der Waals surface area contributed by atoms with E-state index < -0.39 is 12.6 Å². The van der Waals surface area contributed by atoms with Gasteiger partial charge < -0.3 is 11.1 Å². The van der Waals surface area contributed by atoms with Gasteiger partial charge in [0.15, 0.2) is 5.65 Å². The van der Waals surface area contributed by atoms with Crippen LogP contribution in [0.3, 0.4) is 0 Å². The Morgan fingerprint density at radius 1 is 1.33 bits per heavy atom. The minimum absolute atomic E-state index is 0.0325. The van der Waals surface area contributed by atoms with Crippen molar-refractivity contribution in [3.05, 3.63) is 6.20 Å². The van der Waals surface area contributed by atoms with Crippen LogP contribution in [0.25, 0.3) is 11.0 Å². The SMILES string of the molecule is Nc1nc(NCCCC(F)(F)F)c2cn[nH]c2n1. The van der Waals surface area contributed by atoms with E-state index in [0.717, 1.165) is 0 Å². The summed E-state index contributed by atoms with van der Waals surface area (Å²) in [5.41, 5.74) is 5.91. The first kappa shape index (κ1) is 12.4. The average Bonchev–Trinajstić information content (AvgIpc) is 2.70. The summed E-state index contributed by atoms with van der Waals surface area (Å²) in [5, 5.41) is 9.77. The summed E-state index contributed by atoms with van der Waals surface area (Å²) in [5.74, 6) is 0.415. The fraction of sp³-hybridized carbons (Fsp3) is 0.444. The van der Waals surface area contributed by atoms with Gasteiger partial charge in [0.25, 0.3) is 0 Å². The van der Waals surface area contributed by atoms with E-state index >= 15 is 0 Å². The Labute approximate surface area is 99.8 Å². The fourth-order valence-electron chi connectivity index (χ4n) is 1.48. The molecule has 0 amide bonds. The standard InChI is InChI=1S/C9H11F3N6/c10-9(11,12)2-1-3-14-6-5-4-15-18-7(5)17-8(13)16-6/h4H,1-3H2,(H4,13,14,15,16,17,18). The number of aromatic amines is 1. The van der Waals surface area contributed by atoms with Gasteiger partial charge in [0.2, 0.25) is 5.95 Å². The van der Waals surface area contributed by atoms with Crippen molar-refractivity contribution in [1.29, 1.82) is 0 Å². The van der Waals surface area contributed by atoms with E-state index in [9.17, 15) is 13.2 Å². The van der Waals surface area contributed by atoms with E-state index in [-0.39, 0.29) is 18.9 Å². The summed E-state index contributed by atoms with van der Waals surface area (Å²) in [7, 11) is 0. The number of nitrogens with zero attached hydrogens (tertiary/aromatic N) is 3. The van der Waals surface area contributed by atoms with Gasteiger partial charge >= 0.3 is 6.18 Å². The van der Waals surface area contributed by atoms with Crippen molar-refractivity contribution < 1.29 is 13.2 Å². The molecule has 18 heavy (non-hydrogen) atoms. The molecule has 0 bridgehead atoms. The van der Waals surface area contributed by atoms with Gasteiger partial charge in [-0.25, -0.2) is 0 Å². The summed E-state index contributed by atoms with van der Waals surface area (Å²) in [6.45, 7) is 0.149. The monoisotopic (exact) mass is 260 g/mol. The second-order valence-electron chi connectivity index (χ2n) is 3.71. The predicted molar refractivity (Wildman–Crippen MR) is 59.9 cm³/mol. The van der Waals surface area contributed by atoms with E-state index in [4.69, 9.17) is 5.73 Å². The van der Waals surface area contributed by atoms with E-state index in [1.807, 2.05) is 0 Å². The zero-order valence-corrected chi connectivity index (χ0v) is 9.25. The van der Waals surface area contributed by atoms with Gasteiger partial charge in [-0.05, 0) is 6.42 Å². The maximum atomic E-state index is 12.0. The molecule has 0 saturated heterocycles. The number of fused-ring (bicyclic) bond motifs is 1. The van der Waals surface area contributed by atoms with Crippen LogP contribution in [0.4, 0.5) is 24.9 Å². The average molecular weight is 260 g/mol. The molecule has 0 spiro atoms. The normalized spacial score (nSPS) is 11.9. The Bertz CT molecular complexity index is 535. The van der Waals surface area contributed by atoms with Crippen molar-refractivity contribution in [2.75, 3.05) is 17.6 Å². The van der Waals surface area contributed by atoms with E-state index in [2.05, 4.69) is 25.5 Å². The Hall–Kier alpha value is -2.06. The molecule has 4 N–H and O–H groups in total. The molecule has 0 radical (unpaired) electrons. The number of hydrogen-bond donors (Lipinski definition) is 3. The van der Waals surface area contributed by atoms with E-state index in [0.29, 0.717) is 16.9 Å². The first-order chi connectivity index (χ1) is 8.46.